The van der Waals surface area contributed by atoms with Gasteiger partial charge in [0.2, 0.25) is 0 Å². The summed E-state index contributed by atoms with van der Waals surface area (Å²) in [5, 5.41) is 3.51. The molecule has 2 aromatic carbocycles. The SMILES string of the molecule is Cc1ccc(Cl)c(NC(=O)c2ccccc2NN)c1Cl. The molecule has 2 rings (SSSR count). The number of hydrogen-bond acceptors (Lipinski definition) is 3. The van der Waals surface area contributed by atoms with Crippen LogP contribution in [0.4, 0.5) is 11.4 Å². The molecular weight excluding hydrogens is 297 g/mol. The van der Waals surface area contributed by atoms with Crippen LogP contribution in [0.5, 0.6) is 0 Å². The molecule has 0 aromatic heterocycles. The van der Waals surface area contributed by atoms with Gasteiger partial charge < -0.3 is 10.7 Å². The van der Waals surface area contributed by atoms with Crippen LogP contribution in [-0.2, 0) is 0 Å². The molecule has 6 heteroatoms. The van der Waals surface area contributed by atoms with E-state index in [9.17, 15) is 4.79 Å². The number of amides is 1. The Balaban J connectivity index is 2.35. The van der Waals surface area contributed by atoms with Crippen LogP contribution in [0.3, 0.4) is 0 Å². The third kappa shape index (κ3) is 2.88. The molecule has 0 saturated carbocycles. The maximum absolute atomic E-state index is 12.3. The van der Waals surface area contributed by atoms with Crippen molar-refractivity contribution in [1.29, 1.82) is 0 Å². The van der Waals surface area contributed by atoms with E-state index >= 15 is 0 Å². The summed E-state index contributed by atoms with van der Waals surface area (Å²) in [5.41, 5.74) is 4.62. The number of carbonyl (C=O) groups is 1. The van der Waals surface area contributed by atoms with Gasteiger partial charge in [-0.2, -0.15) is 0 Å². The molecule has 0 aliphatic carbocycles. The number of rotatable bonds is 3. The van der Waals surface area contributed by atoms with Gasteiger partial charge in [-0.1, -0.05) is 41.4 Å². The lowest BCUT2D eigenvalue weighted by Gasteiger charge is -2.13. The fraction of sp³-hybridized carbons (Fsp3) is 0.0714. The fourth-order valence-corrected chi connectivity index (χ4v) is 2.22. The highest BCUT2D eigenvalue weighted by Gasteiger charge is 2.15. The van der Waals surface area contributed by atoms with Gasteiger partial charge in [-0.3, -0.25) is 10.6 Å². The lowest BCUT2D eigenvalue weighted by Crippen LogP contribution is -2.17. The molecule has 2 aromatic rings. The molecule has 0 radical (unpaired) electrons. The molecule has 0 aliphatic rings. The monoisotopic (exact) mass is 309 g/mol. The first-order valence-corrected chi connectivity index (χ1v) is 6.61. The molecule has 104 valence electrons. The predicted molar refractivity (Wildman–Crippen MR) is 83.4 cm³/mol. The first-order chi connectivity index (χ1) is 9.54. The molecule has 0 unspecified atom stereocenters. The van der Waals surface area contributed by atoms with E-state index in [1.807, 2.05) is 6.92 Å². The van der Waals surface area contributed by atoms with Crippen molar-refractivity contribution >= 4 is 40.5 Å². The Morgan fingerprint density at radius 3 is 2.55 bits per heavy atom. The summed E-state index contributed by atoms with van der Waals surface area (Å²) in [6.07, 6.45) is 0. The third-order valence-electron chi connectivity index (χ3n) is 2.85. The second kappa shape index (κ2) is 6.13. The van der Waals surface area contributed by atoms with Crippen molar-refractivity contribution in [2.45, 2.75) is 6.92 Å². The Hall–Kier alpha value is -1.75. The zero-order chi connectivity index (χ0) is 14.7. The smallest absolute Gasteiger partial charge is 0.257 e. The number of nitrogens with two attached hydrogens (primary N) is 1. The van der Waals surface area contributed by atoms with E-state index in [2.05, 4.69) is 10.7 Å². The Bertz CT molecular complexity index is 659. The predicted octanol–water partition coefficient (Wildman–Crippen LogP) is 3.84. The van der Waals surface area contributed by atoms with E-state index in [4.69, 9.17) is 29.0 Å². The highest BCUT2D eigenvalue weighted by Crippen LogP contribution is 2.33. The first kappa shape index (κ1) is 14.7. The standard InChI is InChI=1S/C14H13Cl2N3O/c1-8-6-7-10(15)13(12(8)16)18-14(20)9-4-2-3-5-11(9)19-17/h2-7,19H,17H2,1H3,(H,18,20). The average molecular weight is 310 g/mol. The molecule has 0 heterocycles. The molecular formula is C14H13Cl2N3O. The van der Waals surface area contributed by atoms with Crippen LogP contribution in [0, 0.1) is 6.92 Å². The number of carbonyl (C=O) groups excluding carboxylic acids is 1. The summed E-state index contributed by atoms with van der Waals surface area (Å²) in [6, 6.07) is 10.4. The van der Waals surface area contributed by atoms with Gasteiger partial charge in [0, 0.05) is 0 Å². The maximum atomic E-state index is 12.3. The first-order valence-electron chi connectivity index (χ1n) is 5.86. The average Bonchev–Trinajstić information content (AvgIpc) is 2.47. The van der Waals surface area contributed by atoms with Gasteiger partial charge >= 0.3 is 0 Å². The van der Waals surface area contributed by atoms with Gasteiger partial charge in [0.15, 0.2) is 0 Å². The van der Waals surface area contributed by atoms with Gasteiger partial charge in [-0.25, -0.2) is 0 Å². The quantitative estimate of drug-likeness (QED) is 0.596. The Morgan fingerprint density at radius 1 is 1.15 bits per heavy atom. The van der Waals surface area contributed by atoms with Gasteiger partial charge in [-0.15, -0.1) is 0 Å². The van der Waals surface area contributed by atoms with Crippen molar-refractivity contribution in [2.24, 2.45) is 5.84 Å². The molecule has 0 spiro atoms. The van der Waals surface area contributed by atoms with Crippen LogP contribution in [-0.4, -0.2) is 5.91 Å². The Labute approximate surface area is 126 Å². The molecule has 0 bridgehead atoms. The molecule has 0 fully saturated rings. The number of halogens is 2. The van der Waals surface area contributed by atoms with Gasteiger partial charge in [-0.05, 0) is 30.7 Å². The van der Waals surface area contributed by atoms with Crippen LogP contribution in [0.2, 0.25) is 10.0 Å². The topological polar surface area (TPSA) is 67.2 Å². The second-order valence-corrected chi connectivity index (χ2v) is 4.98. The number of hydrogen-bond donors (Lipinski definition) is 3. The molecule has 0 aliphatic heterocycles. The lowest BCUT2D eigenvalue weighted by atomic mass is 10.1. The van der Waals surface area contributed by atoms with Crippen molar-refractivity contribution in [1.82, 2.24) is 0 Å². The Kier molecular flexibility index (Phi) is 4.49. The van der Waals surface area contributed by atoms with Crippen molar-refractivity contribution in [2.75, 3.05) is 10.7 Å². The maximum Gasteiger partial charge on any atom is 0.257 e. The lowest BCUT2D eigenvalue weighted by molar-refractivity contribution is 0.102. The van der Waals surface area contributed by atoms with Crippen LogP contribution < -0.4 is 16.6 Å². The van der Waals surface area contributed by atoms with E-state index in [0.29, 0.717) is 27.0 Å². The summed E-state index contributed by atoms with van der Waals surface area (Å²) in [5.74, 6) is 5.04. The van der Waals surface area contributed by atoms with E-state index in [1.54, 1.807) is 36.4 Å². The summed E-state index contributed by atoms with van der Waals surface area (Å²) >= 11 is 12.2. The highest BCUT2D eigenvalue weighted by atomic mass is 35.5. The summed E-state index contributed by atoms with van der Waals surface area (Å²) in [4.78, 5) is 12.3. The number of nitrogen functional groups attached to an aromatic ring is 1. The van der Waals surface area contributed by atoms with Crippen molar-refractivity contribution in [3.8, 4) is 0 Å². The summed E-state index contributed by atoms with van der Waals surface area (Å²) < 4.78 is 0. The van der Waals surface area contributed by atoms with Gasteiger partial charge in [0.05, 0.1) is 27.0 Å². The van der Waals surface area contributed by atoms with Crippen LogP contribution in [0.1, 0.15) is 15.9 Å². The third-order valence-corrected chi connectivity index (χ3v) is 3.65. The molecule has 20 heavy (non-hydrogen) atoms. The summed E-state index contributed by atoms with van der Waals surface area (Å²) in [6.45, 7) is 1.84. The van der Waals surface area contributed by atoms with Crippen molar-refractivity contribution < 1.29 is 4.79 Å². The number of anilines is 2. The zero-order valence-electron chi connectivity index (χ0n) is 10.7. The van der Waals surface area contributed by atoms with Crippen LogP contribution >= 0.6 is 23.2 Å². The van der Waals surface area contributed by atoms with Gasteiger partial charge in [0.25, 0.3) is 5.91 Å². The number of aryl methyl sites for hydroxylation is 1. The number of benzene rings is 2. The molecule has 4 N–H and O–H groups in total. The number of para-hydroxylation sites is 1. The van der Waals surface area contributed by atoms with Gasteiger partial charge in [0.1, 0.15) is 0 Å². The molecule has 4 nitrogen and oxygen atoms in total. The van der Waals surface area contributed by atoms with E-state index in [1.165, 1.54) is 0 Å². The van der Waals surface area contributed by atoms with Crippen LogP contribution in [0.25, 0.3) is 0 Å². The van der Waals surface area contributed by atoms with E-state index in [-0.39, 0.29) is 5.91 Å². The van der Waals surface area contributed by atoms with Crippen molar-refractivity contribution in [3.63, 3.8) is 0 Å². The number of nitrogens with one attached hydrogen (secondary N) is 2. The molecule has 0 saturated heterocycles. The summed E-state index contributed by atoms with van der Waals surface area (Å²) in [7, 11) is 0. The highest BCUT2D eigenvalue weighted by molar-refractivity contribution is 6.40. The van der Waals surface area contributed by atoms with E-state index in [0.717, 1.165) is 5.56 Å². The normalized spacial score (nSPS) is 10.2. The van der Waals surface area contributed by atoms with E-state index < -0.39 is 0 Å². The minimum atomic E-state index is -0.340. The van der Waals surface area contributed by atoms with Crippen LogP contribution in [0.15, 0.2) is 36.4 Å². The molecule has 1 amide bonds. The zero-order valence-corrected chi connectivity index (χ0v) is 12.2. The number of hydrazine groups is 1. The second-order valence-electron chi connectivity index (χ2n) is 4.20. The minimum absolute atomic E-state index is 0.340. The minimum Gasteiger partial charge on any atom is -0.323 e. The Morgan fingerprint density at radius 2 is 1.85 bits per heavy atom. The van der Waals surface area contributed by atoms with Crippen molar-refractivity contribution in [3.05, 3.63) is 57.6 Å². The molecule has 0 atom stereocenters. The fourth-order valence-electron chi connectivity index (χ4n) is 1.76. The largest absolute Gasteiger partial charge is 0.323 e.